The predicted octanol–water partition coefficient (Wildman–Crippen LogP) is 4.30. The van der Waals surface area contributed by atoms with Gasteiger partial charge in [0.2, 0.25) is 5.91 Å². The van der Waals surface area contributed by atoms with Crippen LogP contribution >= 0.6 is 11.8 Å². The van der Waals surface area contributed by atoms with E-state index in [1.807, 2.05) is 61.5 Å². The number of sulfonamides is 1. The van der Waals surface area contributed by atoms with Crippen LogP contribution in [0.1, 0.15) is 5.56 Å². The van der Waals surface area contributed by atoms with Gasteiger partial charge in [-0.25, -0.2) is 8.42 Å². The number of carbonyl (C=O) groups is 1. The Labute approximate surface area is 198 Å². The third kappa shape index (κ3) is 5.13. The molecular weight excluding hydrogens is 454 g/mol. The monoisotopic (exact) mass is 479 g/mol. The van der Waals surface area contributed by atoms with Gasteiger partial charge in [0.15, 0.2) is 0 Å². The van der Waals surface area contributed by atoms with Crippen LogP contribution in [0.4, 0.5) is 5.69 Å². The van der Waals surface area contributed by atoms with Gasteiger partial charge < -0.3 is 4.90 Å². The molecule has 0 aliphatic carbocycles. The number of benzene rings is 4. The van der Waals surface area contributed by atoms with Crippen molar-refractivity contribution in [3.05, 3.63) is 84.4 Å². The van der Waals surface area contributed by atoms with Crippen LogP contribution in [-0.4, -0.2) is 34.2 Å². The molecule has 8 heteroatoms. The number of rotatable bonds is 8. The van der Waals surface area contributed by atoms with Crippen LogP contribution in [0.5, 0.6) is 0 Å². The zero-order valence-corrected chi connectivity index (χ0v) is 20.0. The van der Waals surface area contributed by atoms with Gasteiger partial charge in [-0.3, -0.25) is 10.2 Å². The van der Waals surface area contributed by atoms with Crippen molar-refractivity contribution in [1.82, 2.24) is 10.3 Å². The first-order chi connectivity index (χ1) is 15.9. The highest BCUT2D eigenvalue weighted by molar-refractivity contribution is 7.99. The van der Waals surface area contributed by atoms with Gasteiger partial charge in [0.05, 0.1) is 10.6 Å². The summed E-state index contributed by atoms with van der Waals surface area (Å²) in [6, 6.07) is 24.8. The van der Waals surface area contributed by atoms with E-state index in [1.165, 1.54) is 17.8 Å². The van der Waals surface area contributed by atoms with Crippen LogP contribution in [0.15, 0.2) is 83.8 Å². The molecular formula is C25H25N3O3S2. The number of carbonyl (C=O) groups excluding carboxylic acids is 1. The van der Waals surface area contributed by atoms with Gasteiger partial charge in [0, 0.05) is 36.3 Å². The quantitative estimate of drug-likeness (QED) is 0.369. The Balaban J connectivity index is 1.40. The summed E-state index contributed by atoms with van der Waals surface area (Å²) in [5.74, 6) is 0.377. The summed E-state index contributed by atoms with van der Waals surface area (Å²) in [7, 11) is -0.126. The maximum Gasteiger partial charge on any atom is 0.257 e. The van der Waals surface area contributed by atoms with Crippen LogP contribution in [0, 0.1) is 0 Å². The van der Waals surface area contributed by atoms with Crippen molar-refractivity contribution < 1.29 is 13.2 Å². The Morgan fingerprint density at radius 1 is 0.848 bits per heavy atom. The molecule has 2 N–H and O–H groups in total. The molecule has 0 bridgehead atoms. The molecule has 0 radical (unpaired) electrons. The van der Waals surface area contributed by atoms with Crippen molar-refractivity contribution in [2.45, 2.75) is 10.6 Å². The predicted molar refractivity (Wildman–Crippen MR) is 137 cm³/mol. The van der Waals surface area contributed by atoms with E-state index in [9.17, 15) is 13.2 Å². The Hall–Kier alpha value is -3.07. The Kier molecular flexibility index (Phi) is 6.88. The highest BCUT2D eigenvalue weighted by atomic mass is 32.2. The van der Waals surface area contributed by atoms with Crippen molar-refractivity contribution in [2.75, 3.05) is 24.7 Å². The van der Waals surface area contributed by atoms with Crippen molar-refractivity contribution in [2.24, 2.45) is 0 Å². The van der Waals surface area contributed by atoms with Gasteiger partial charge in [0.25, 0.3) is 10.0 Å². The lowest BCUT2D eigenvalue weighted by Crippen LogP contribution is -2.42. The normalized spacial score (nSPS) is 11.6. The van der Waals surface area contributed by atoms with Crippen LogP contribution in [0.3, 0.4) is 0 Å². The van der Waals surface area contributed by atoms with E-state index in [2.05, 4.69) is 28.5 Å². The number of anilines is 1. The Morgan fingerprint density at radius 2 is 1.52 bits per heavy atom. The van der Waals surface area contributed by atoms with Crippen molar-refractivity contribution in [3.63, 3.8) is 0 Å². The van der Waals surface area contributed by atoms with Gasteiger partial charge >= 0.3 is 0 Å². The fourth-order valence-electron chi connectivity index (χ4n) is 3.78. The van der Waals surface area contributed by atoms with E-state index in [0.717, 1.165) is 27.4 Å². The van der Waals surface area contributed by atoms with Gasteiger partial charge in [0.1, 0.15) is 0 Å². The van der Waals surface area contributed by atoms with Crippen molar-refractivity contribution in [3.8, 4) is 0 Å². The molecule has 0 spiro atoms. The highest BCUT2D eigenvalue weighted by Crippen LogP contribution is 2.30. The number of fused-ring (bicyclic) bond motifs is 2. The molecule has 6 nitrogen and oxygen atoms in total. The average molecular weight is 480 g/mol. The lowest BCUT2D eigenvalue weighted by Gasteiger charge is -2.17. The molecule has 0 heterocycles. The first-order valence-corrected chi connectivity index (χ1v) is 13.0. The zero-order valence-electron chi connectivity index (χ0n) is 18.4. The molecule has 0 fully saturated rings. The minimum atomic E-state index is -3.94. The van der Waals surface area contributed by atoms with Crippen LogP contribution in [0.2, 0.25) is 0 Å². The summed E-state index contributed by atoms with van der Waals surface area (Å²) >= 11 is 1.43. The number of nitrogens with zero attached hydrogens (tertiary/aromatic N) is 1. The number of hydrogen-bond donors (Lipinski definition) is 2. The second kappa shape index (κ2) is 9.82. The topological polar surface area (TPSA) is 78.5 Å². The third-order valence-corrected chi connectivity index (χ3v) is 7.61. The van der Waals surface area contributed by atoms with E-state index in [-0.39, 0.29) is 10.6 Å². The molecule has 33 heavy (non-hydrogen) atoms. The second-order valence-corrected chi connectivity index (χ2v) is 10.4. The molecule has 4 aromatic carbocycles. The number of hydrazine groups is 1. The number of thioether (sulfide) groups is 1. The average Bonchev–Trinajstić information content (AvgIpc) is 2.82. The Bertz CT molecular complexity index is 1410. The van der Waals surface area contributed by atoms with Crippen molar-refractivity contribution >= 4 is 54.9 Å². The molecule has 170 valence electrons. The van der Waals surface area contributed by atoms with Crippen LogP contribution < -0.4 is 15.2 Å². The first-order valence-electron chi connectivity index (χ1n) is 10.4. The summed E-state index contributed by atoms with van der Waals surface area (Å²) in [4.78, 5) is 16.6. The van der Waals surface area contributed by atoms with Crippen LogP contribution in [0.25, 0.3) is 21.5 Å². The SMILES string of the molecule is CN(C)c1cccc2c(S(=O)(=O)NNC(=O)CSCc3cccc4ccccc34)cccc12. The maximum atomic E-state index is 12.9. The summed E-state index contributed by atoms with van der Waals surface area (Å²) in [5, 5.41) is 3.72. The third-order valence-electron chi connectivity index (χ3n) is 5.33. The van der Waals surface area contributed by atoms with Gasteiger partial charge in [-0.15, -0.1) is 16.6 Å². The van der Waals surface area contributed by atoms with Gasteiger partial charge in [-0.05, 0) is 28.5 Å². The lowest BCUT2D eigenvalue weighted by atomic mass is 10.1. The molecule has 0 aromatic heterocycles. The van der Waals surface area contributed by atoms with Gasteiger partial charge in [-0.2, -0.15) is 0 Å². The molecule has 0 atom stereocenters. The molecule has 1 amide bonds. The first kappa shape index (κ1) is 23.1. The second-order valence-electron chi connectivity index (χ2n) is 7.81. The number of amides is 1. The van der Waals surface area contributed by atoms with Gasteiger partial charge in [-0.1, -0.05) is 66.7 Å². The number of hydrogen-bond acceptors (Lipinski definition) is 5. The molecule has 0 saturated carbocycles. The summed E-state index contributed by atoms with van der Waals surface area (Å²) in [6.45, 7) is 0. The van der Waals surface area contributed by atoms with E-state index in [1.54, 1.807) is 12.1 Å². The van der Waals surface area contributed by atoms with Crippen molar-refractivity contribution in [1.29, 1.82) is 0 Å². The van der Waals surface area contributed by atoms with Crippen LogP contribution in [-0.2, 0) is 20.6 Å². The number of nitrogens with one attached hydrogen (secondary N) is 2. The van der Waals surface area contributed by atoms with E-state index >= 15 is 0 Å². The largest absolute Gasteiger partial charge is 0.377 e. The van der Waals surface area contributed by atoms with E-state index < -0.39 is 15.9 Å². The van der Waals surface area contributed by atoms with E-state index in [0.29, 0.717) is 11.1 Å². The Morgan fingerprint density at radius 3 is 2.33 bits per heavy atom. The summed E-state index contributed by atoms with van der Waals surface area (Å²) in [5.41, 5.74) is 4.39. The molecule has 0 unspecified atom stereocenters. The standard InChI is InChI=1S/C25H25N3O3S2/c1-28(2)23-14-6-13-22-21(23)12-7-15-24(22)33(30,31)27-26-25(29)17-32-16-19-10-5-9-18-8-3-4-11-20(18)19/h3-15,27H,16-17H2,1-2H3,(H,26,29). The highest BCUT2D eigenvalue weighted by Gasteiger charge is 2.19. The lowest BCUT2D eigenvalue weighted by molar-refractivity contribution is -0.119. The maximum absolute atomic E-state index is 12.9. The zero-order chi connectivity index (χ0) is 23.4. The summed E-state index contributed by atoms with van der Waals surface area (Å²) in [6.07, 6.45) is 0. The molecule has 4 aromatic rings. The molecule has 4 rings (SSSR count). The molecule has 0 aliphatic heterocycles. The fraction of sp³-hybridized carbons (Fsp3) is 0.160. The molecule has 0 saturated heterocycles. The fourth-order valence-corrected chi connectivity index (χ4v) is 5.69. The van der Waals surface area contributed by atoms with E-state index in [4.69, 9.17) is 0 Å². The minimum absolute atomic E-state index is 0.118. The smallest absolute Gasteiger partial charge is 0.257 e. The summed E-state index contributed by atoms with van der Waals surface area (Å²) < 4.78 is 25.9. The molecule has 0 aliphatic rings. The minimum Gasteiger partial charge on any atom is -0.377 e.